The summed E-state index contributed by atoms with van der Waals surface area (Å²) in [6, 6.07) is 14.4. The summed E-state index contributed by atoms with van der Waals surface area (Å²) in [5.41, 5.74) is 5.93. The number of methoxy groups -OCH3 is 1. The Bertz CT molecular complexity index is 1280. The van der Waals surface area contributed by atoms with Gasteiger partial charge in [0.15, 0.2) is 5.82 Å². The first-order valence-electron chi connectivity index (χ1n) is 13.0. The normalized spacial score (nSPS) is 16.2. The number of carbonyl (C=O) groups excluding carboxylic acids is 1. The van der Waals surface area contributed by atoms with Crippen LogP contribution >= 0.6 is 0 Å². The van der Waals surface area contributed by atoms with Gasteiger partial charge in [-0.15, -0.1) is 0 Å². The third kappa shape index (κ3) is 4.91. The first kappa shape index (κ1) is 24.2. The van der Waals surface area contributed by atoms with Crippen LogP contribution in [0.2, 0.25) is 0 Å². The van der Waals surface area contributed by atoms with Gasteiger partial charge in [-0.25, -0.2) is 4.98 Å². The molecule has 1 saturated heterocycles. The predicted molar refractivity (Wildman–Crippen MR) is 138 cm³/mol. The third-order valence-corrected chi connectivity index (χ3v) is 7.52. The smallest absolute Gasteiger partial charge is 0.254 e. The molecule has 1 saturated carbocycles. The van der Waals surface area contributed by atoms with Crippen LogP contribution in [0.25, 0.3) is 11.4 Å². The van der Waals surface area contributed by atoms with E-state index in [4.69, 9.17) is 9.72 Å². The fraction of sp³-hybridized carbons (Fsp3) is 0.448. The first-order chi connectivity index (χ1) is 17.6. The summed E-state index contributed by atoms with van der Waals surface area (Å²) in [5, 5.41) is 17.0. The highest BCUT2D eigenvalue weighted by Crippen LogP contribution is 2.45. The van der Waals surface area contributed by atoms with E-state index < -0.39 is 0 Å². The number of amides is 1. The van der Waals surface area contributed by atoms with E-state index in [0.29, 0.717) is 43.8 Å². The van der Waals surface area contributed by atoms with Crippen LogP contribution in [0.3, 0.4) is 0 Å². The number of hydrogen-bond donors (Lipinski definition) is 1. The van der Waals surface area contributed by atoms with Crippen molar-refractivity contribution in [1.82, 2.24) is 20.1 Å². The molecule has 2 aromatic carbocycles. The molecule has 1 N–H and O–H groups in total. The summed E-state index contributed by atoms with van der Waals surface area (Å²) in [7, 11) is 1.68. The van der Waals surface area contributed by atoms with E-state index in [2.05, 4.69) is 35.3 Å². The molecule has 0 bridgehead atoms. The molecule has 2 aliphatic rings. The zero-order valence-corrected chi connectivity index (χ0v) is 21.1. The van der Waals surface area contributed by atoms with Gasteiger partial charge in [0.2, 0.25) is 0 Å². The van der Waals surface area contributed by atoms with Crippen LogP contribution in [0.15, 0.2) is 36.4 Å². The van der Waals surface area contributed by atoms with Crippen molar-refractivity contribution >= 4 is 5.91 Å². The zero-order valence-electron chi connectivity index (χ0n) is 21.1. The van der Waals surface area contributed by atoms with Gasteiger partial charge in [0.25, 0.3) is 5.91 Å². The number of aromatic amines is 1. The SMILES string of the molecule is CCc1cc(C2CC2)c(-c2n[nH]c(CCOC)n2)cc1C(=O)N1CCC(c2ccccc2C#N)CC1. The summed E-state index contributed by atoms with van der Waals surface area (Å²) in [4.78, 5) is 20.5. The van der Waals surface area contributed by atoms with Crippen LogP contribution in [0, 0.1) is 11.3 Å². The van der Waals surface area contributed by atoms with Crippen molar-refractivity contribution in [3.05, 3.63) is 70.0 Å². The zero-order chi connectivity index (χ0) is 25.1. The summed E-state index contributed by atoms with van der Waals surface area (Å²) in [6.45, 7) is 4.07. The first-order valence-corrected chi connectivity index (χ1v) is 13.0. The van der Waals surface area contributed by atoms with Crippen molar-refractivity contribution in [2.45, 2.75) is 57.3 Å². The van der Waals surface area contributed by atoms with Crippen LogP contribution < -0.4 is 0 Å². The highest BCUT2D eigenvalue weighted by Gasteiger charge is 2.31. The molecule has 7 heteroatoms. The number of nitriles is 1. The van der Waals surface area contributed by atoms with Gasteiger partial charge in [0, 0.05) is 37.7 Å². The number of nitrogens with one attached hydrogen (secondary N) is 1. The Morgan fingerprint density at radius 2 is 1.89 bits per heavy atom. The maximum atomic E-state index is 13.8. The van der Waals surface area contributed by atoms with E-state index in [1.165, 1.54) is 18.4 Å². The average molecular weight is 484 g/mol. The number of H-pyrrole nitrogens is 1. The van der Waals surface area contributed by atoms with Gasteiger partial charge < -0.3 is 9.64 Å². The molecule has 186 valence electrons. The average Bonchev–Trinajstić information content (AvgIpc) is 3.68. The topological polar surface area (TPSA) is 94.9 Å². The molecular weight excluding hydrogens is 450 g/mol. The molecule has 0 unspecified atom stereocenters. The van der Waals surface area contributed by atoms with Crippen molar-refractivity contribution in [2.75, 3.05) is 26.8 Å². The van der Waals surface area contributed by atoms with Crippen LogP contribution in [0.5, 0.6) is 0 Å². The Kier molecular flexibility index (Phi) is 7.15. The van der Waals surface area contributed by atoms with Gasteiger partial charge in [-0.05, 0) is 72.8 Å². The molecule has 0 radical (unpaired) electrons. The maximum absolute atomic E-state index is 13.8. The molecule has 1 aromatic heterocycles. The van der Waals surface area contributed by atoms with Crippen molar-refractivity contribution < 1.29 is 9.53 Å². The van der Waals surface area contributed by atoms with E-state index in [1.54, 1.807) is 7.11 Å². The second-order valence-corrected chi connectivity index (χ2v) is 9.84. The second-order valence-electron chi connectivity index (χ2n) is 9.84. The van der Waals surface area contributed by atoms with Crippen molar-refractivity contribution in [3.8, 4) is 17.5 Å². The van der Waals surface area contributed by atoms with E-state index in [9.17, 15) is 10.1 Å². The maximum Gasteiger partial charge on any atom is 0.254 e. The standard InChI is InChI=1S/C29H33N5O2/c1-3-19-16-24(20-8-9-20)26(28-31-27(32-33-28)12-15-36-2)17-25(19)29(35)34-13-10-21(11-14-34)23-7-5-4-6-22(23)18-30/h4-7,16-17,20-21H,3,8-15H2,1-2H3,(H,31,32,33). The number of aromatic nitrogens is 3. The molecule has 2 heterocycles. The lowest BCUT2D eigenvalue weighted by atomic mass is 9.86. The molecule has 1 aliphatic heterocycles. The van der Waals surface area contributed by atoms with Crippen LogP contribution in [-0.4, -0.2) is 52.8 Å². The number of rotatable bonds is 8. The molecule has 36 heavy (non-hydrogen) atoms. The van der Waals surface area contributed by atoms with E-state index in [0.717, 1.165) is 52.9 Å². The minimum absolute atomic E-state index is 0.0811. The summed E-state index contributed by atoms with van der Waals surface area (Å²) < 4.78 is 5.18. The van der Waals surface area contributed by atoms with Gasteiger partial charge in [0.1, 0.15) is 5.82 Å². The van der Waals surface area contributed by atoms with Crippen LogP contribution in [0.1, 0.15) is 82.9 Å². The lowest BCUT2D eigenvalue weighted by Gasteiger charge is -2.33. The minimum Gasteiger partial charge on any atom is -0.384 e. The summed E-state index contributed by atoms with van der Waals surface area (Å²) >= 11 is 0. The van der Waals surface area contributed by atoms with Gasteiger partial charge in [-0.3, -0.25) is 9.89 Å². The summed E-state index contributed by atoms with van der Waals surface area (Å²) in [5.74, 6) is 2.36. The number of hydrogen-bond acceptors (Lipinski definition) is 5. The third-order valence-electron chi connectivity index (χ3n) is 7.52. The van der Waals surface area contributed by atoms with E-state index in [-0.39, 0.29) is 5.91 Å². The van der Waals surface area contributed by atoms with Gasteiger partial charge in [-0.2, -0.15) is 10.4 Å². The highest BCUT2D eigenvalue weighted by molar-refractivity contribution is 5.97. The number of ether oxygens (including phenoxy) is 1. The Hall–Kier alpha value is -3.50. The van der Waals surface area contributed by atoms with Gasteiger partial charge in [0.05, 0.1) is 18.2 Å². The Balaban J connectivity index is 1.40. The number of aryl methyl sites for hydroxylation is 1. The molecule has 5 rings (SSSR count). The fourth-order valence-corrected chi connectivity index (χ4v) is 5.33. The second kappa shape index (κ2) is 10.6. The number of likely N-dealkylation sites (tertiary alicyclic amines) is 1. The molecule has 2 fully saturated rings. The van der Waals surface area contributed by atoms with Crippen molar-refractivity contribution in [3.63, 3.8) is 0 Å². The number of carbonyl (C=O) groups is 1. The quantitative estimate of drug-likeness (QED) is 0.487. The Morgan fingerprint density at radius 1 is 1.14 bits per heavy atom. The predicted octanol–water partition coefficient (Wildman–Crippen LogP) is 4.99. The molecule has 7 nitrogen and oxygen atoms in total. The number of nitrogens with zero attached hydrogens (tertiary/aromatic N) is 4. The van der Waals surface area contributed by atoms with Crippen molar-refractivity contribution in [1.29, 1.82) is 5.26 Å². The molecular formula is C29H33N5O2. The largest absolute Gasteiger partial charge is 0.384 e. The summed E-state index contributed by atoms with van der Waals surface area (Å²) in [6.07, 6.45) is 5.54. The van der Waals surface area contributed by atoms with Gasteiger partial charge >= 0.3 is 0 Å². The highest BCUT2D eigenvalue weighted by atomic mass is 16.5. The Labute approximate surface area is 212 Å². The molecule has 1 aliphatic carbocycles. The van der Waals surface area contributed by atoms with Crippen LogP contribution in [0.4, 0.5) is 0 Å². The fourth-order valence-electron chi connectivity index (χ4n) is 5.33. The molecule has 1 amide bonds. The minimum atomic E-state index is 0.0811. The lowest BCUT2D eigenvalue weighted by molar-refractivity contribution is 0.0712. The Morgan fingerprint density at radius 3 is 2.58 bits per heavy atom. The number of piperidine rings is 1. The molecule has 0 spiro atoms. The van der Waals surface area contributed by atoms with Crippen molar-refractivity contribution in [2.24, 2.45) is 0 Å². The monoisotopic (exact) mass is 483 g/mol. The van der Waals surface area contributed by atoms with Crippen LogP contribution in [-0.2, 0) is 17.6 Å². The molecule has 3 aromatic rings. The molecule has 0 atom stereocenters. The lowest BCUT2D eigenvalue weighted by Crippen LogP contribution is -2.38. The van der Waals surface area contributed by atoms with E-state index in [1.807, 2.05) is 29.2 Å². The van der Waals surface area contributed by atoms with Gasteiger partial charge in [-0.1, -0.05) is 31.2 Å². The van der Waals surface area contributed by atoms with E-state index >= 15 is 0 Å². The number of benzene rings is 2.